The Balaban J connectivity index is 2.20. The Labute approximate surface area is 93.4 Å². The van der Waals surface area contributed by atoms with E-state index in [-0.39, 0.29) is 5.82 Å². The first-order chi connectivity index (χ1) is 7.65. The molecule has 3 nitrogen and oxygen atoms in total. The lowest BCUT2D eigenvalue weighted by Gasteiger charge is -2.06. The van der Waals surface area contributed by atoms with Gasteiger partial charge in [-0.3, -0.25) is 0 Å². The molecule has 1 N–H and O–H groups in total. The van der Waals surface area contributed by atoms with E-state index in [1.54, 1.807) is 18.3 Å². The molecule has 4 heteroatoms. The first-order valence-electron chi connectivity index (χ1n) is 4.98. The summed E-state index contributed by atoms with van der Waals surface area (Å²) < 4.78 is 12.7. The summed E-state index contributed by atoms with van der Waals surface area (Å²) in [5.74, 6) is 0.265. The molecule has 0 saturated heterocycles. The monoisotopic (exact) mass is 217 g/mol. The summed E-state index contributed by atoms with van der Waals surface area (Å²) in [7, 11) is 0. The molecule has 0 saturated carbocycles. The zero-order valence-electron chi connectivity index (χ0n) is 9.16. The predicted molar refractivity (Wildman–Crippen MR) is 61.2 cm³/mol. The normalized spacial score (nSPS) is 10.2. The van der Waals surface area contributed by atoms with Crippen LogP contribution in [-0.2, 0) is 0 Å². The molecule has 0 unspecified atom stereocenters. The van der Waals surface area contributed by atoms with Gasteiger partial charge in [0.2, 0.25) is 5.95 Å². The summed E-state index contributed by atoms with van der Waals surface area (Å²) in [5, 5.41) is 3.01. The molecular formula is C12H12FN3. The van der Waals surface area contributed by atoms with Gasteiger partial charge in [-0.1, -0.05) is 0 Å². The van der Waals surface area contributed by atoms with Crippen molar-refractivity contribution >= 4 is 11.6 Å². The van der Waals surface area contributed by atoms with E-state index in [4.69, 9.17) is 0 Å². The van der Waals surface area contributed by atoms with E-state index >= 15 is 0 Å². The number of anilines is 2. The van der Waals surface area contributed by atoms with Crippen LogP contribution in [0.15, 0.2) is 30.5 Å². The van der Waals surface area contributed by atoms with Crippen LogP contribution in [0, 0.1) is 19.7 Å². The number of aromatic nitrogens is 2. The van der Waals surface area contributed by atoms with Crippen LogP contribution in [0.2, 0.25) is 0 Å². The molecule has 0 radical (unpaired) electrons. The second-order valence-electron chi connectivity index (χ2n) is 3.59. The highest BCUT2D eigenvalue weighted by Crippen LogP contribution is 2.14. The minimum absolute atomic E-state index is 0.258. The van der Waals surface area contributed by atoms with E-state index in [0.29, 0.717) is 5.95 Å². The number of nitrogens with one attached hydrogen (secondary N) is 1. The highest BCUT2D eigenvalue weighted by Gasteiger charge is 2.00. The largest absolute Gasteiger partial charge is 0.324 e. The Kier molecular flexibility index (Phi) is 2.81. The predicted octanol–water partition coefficient (Wildman–Crippen LogP) is 2.98. The Morgan fingerprint density at radius 2 is 1.81 bits per heavy atom. The molecule has 0 aliphatic heterocycles. The Hall–Kier alpha value is -1.97. The van der Waals surface area contributed by atoms with Gasteiger partial charge in [-0.15, -0.1) is 0 Å². The van der Waals surface area contributed by atoms with Gasteiger partial charge in [-0.25, -0.2) is 14.4 Å². The van der Waals surface area contributed by atoms with Gasteiger partial charge in [-0.2, -0.15) is 0 Å². The molecule has 0 atom stereocenters. The number of benzene rings is 1. The quantitative estimate of drug-likeness (QED) is 0.840. The van der Waals surface area contributed by atoms with Crippen molar-refractivity contribution in [2.45, 2.75) is 13.8 Å². The van der Waals surface area contributed by atoms with Crippen LogP contribution in [0.1, 0.15) is 11.3 Å². The molecular weight excluding hydrogens is 205 g/mol. The molecule has 0 aliphatic rings. The lowest BCUT2D eigenvalue weighted by molar-refractivity contribution is 0.628. The van der Waals surface area contributed by atoms with Gasteiger partial charge in [0.25, 0.3) is 0 Å². The van der Waals surface area contributed by atoms with Crippen LogP contribution >= 0.6 is 0 Å². The molecule has 0 spiro atoms. The van der Waals surface area contributed by atoms with E-state index in [1.165, 1.54) is 12.1 Å². The molecule has 2 rings (SSSR count). The van der Waals surface area contributed by atoms with Crippen molar-refractivity contribution in [3.8, 4) is 0 Å². The Morgan fingerprint density at radius 3 is 2.44 bits per heavy atom. The second-order valence-corrected chi connectivity index (χ2v) is 3.59. The van der Waals surface area contributed by atoms with Gasteiger partial charge in [0.15, 0.2) is 0 Å². The minimum atomic E-state index is -0.258. The number of halogens is 1. The number of nitrogens with zero attached hydrogens (tertiary/aromatic N) is 2. The van der Waals surface area contributed by atoms with Crippen LogP contribution in [0.3, 0.4) is 0 Å². The van der Waals surface area contributed by atoms with Gasteiger partial charge < -0.3 is 5.32 Å². The van der Waals surface area contributed by atoms with E-state index in [9.17, 15) is 4.39 Å². The van der Waals surface area contributed by atoms with E-state index in [2.05, 4.69) is 15.3 Å². The van der Waals surface area contributed by atoms with E-state index in [1.807, 2.05) is 13.8 Å². The summed E-state index contributed by atoms with van der Waals surface area (Å²) >= 11 is 0. The fourth-order valence-corrected chi connectivity index (χ4v) is 1.25. The lowest BCUT2D eigenvalue weighted by atomic mass is 10.3. The third kappa shape index (κ3) is 2.34. The fourth-order valence-electron chi connectivity index (χ4n) is 1.25. The van der Waals surface area contributed by atoms with Crippen molar-refractivity contribution in [1.82, 2.24) is 9.97 Å². The highest BCUT2D eigenvalue weighted by molar-refractivity contribution is 5.52. The molecule has 0 amide bonds. The van der Waals surface area contributed by atoms with Crippen LogP contribution in [0.4, 0.5) is 16.0 Å². The van der Waals surface area contributed by atoms with Gasteiger partial charge in [0.1, 0.15) is 5.82 Å². The van der Waals surface area contributed by atoms with Crippen molar-refractivity contribution in [2.75, 3.05) is 5.32 Å². The molecule has 82 valence electrons. The first kappa shape index (κ1) is 10.5. The van der Waals surface area contributed by atoms with Gasteiger partial charge in [0, 0.05) is 17.6 Å². The average molecular weight is 217 g/mol. The number of hydrogen-bond donors (Lipinski definition) is 1. The SMILES string of the molecule is Cc1cnc(Nc2ccc(F)cc2)nc1C. The molecule has 1 aromatic heterocycles. The maximum atomic E-state index is 12.7. The van der Waals surface area contributed by atoms with Crippen molar-refractivity contribution in [1.29, 1.82) is 0 Å². The van der Waals surface area contributed by atoms with Crippen LogP contribution in [0.25, 0.3) is 0 Å². The van der Waals surface area contributed by atoms with Crippen molar-refractivity contribution in [3.05, 3.63) is 47.5 Å². The van der Waals surface area contributed by atoms with Crippen LogP contribution in [0.5, 0.6) is 0 Å². The summed E-state index contributed by atoms with van der Waals surface area (Å²) in [6.07, 6.45) is 1.76. The summed E-state index contributed by atoms with van der Waals surface area (Å²) in [5.41, 5.74) is 2.74. The highest BCUT2D eigenvalue weighted by atomic mass is 19.1. The zero-order chi connectivity index (χ0) is 11.5. The van der Waals surface area contributed by atoms with Gasteiger partial charge in [-0.05, 0) is 43.7 Å². The zero-order valence-corrected chi connectivity index (χ0v) is 9.16. The molecule has 0 aliphatic carbocycles. The molecule has 1 aromatic carbocycles. The molecule has 2 aromatic rings. The Morgan fingerprint density at radius 1 is 1.12 bits per heavy atom. The summed E-state index contributed by atoms with van der Waals surface area (Å²) in [4.78, 5) is 8.42. The van der Waals surface area contributed by atoms with E-state index in [0.717, 1.165) is 16.9 Å². The maximum Gasteiger partial charge on any atom is 0.227 e. The minimum Gasteiger partial charge on any atom is -0.324 e. The number of hydrogen-bond acceptors (Lipinski definition) is 3. The van der Waals surface area contributed by atoms with Crippen LogP contribution < -0.4 is 5.32 Å². The van der Waals surface area contributed by atoms with Gasteiger partial charge in [0.05, 0.1) is 0 Å². The number of rotatable bonds is 2. The van der Waals surface area contributed by atoms with Crippen molar-refractivity contribution in [2.24, 2.45) is 0 Å². The molecule has 0 bridgehead atoms. The van der Waals surface area contributed by atoms with Gasteiger partial charge >= 0.3 is 0 Å². The Bertz CT molecular complexity index is 494. The third-order valence-electron chi connectivity index (χ3n) is 2.33. The maximum absolute atomic E-state index is 12.7. The third-order valence-corrected chi connectivity index (χ3v) is 2.33. The summed E-state index contributed by atoms with van der Waals surface area (Å²) in [6, 6.07) is 6.08. The topological polar surface area (TPSA) is 37.8 Å². The average Bonchev–Trinajstić information content (AvgIpc) is 2.27. The standard InChI is InChI=1S/C12H12FN3/c1-8-7-14-12(15-9(8)2)16-11-5-3-10(13)4-6-11/h3-7H,1-2H3,(H,14,15,16). The van der Waals surface area contributed by atoms with E-state index < -0.39 is 0 Å². The second kappa shape index (κ2) is 4.26. The molecule has 16 heavy (non-hydrogen) atoms. The molecule has 1 heterocycles. The van der Waals surface area contributed by atoms with Crippen molar-refractivity contribution in [3.63, 3.8) is 0 Å². The first-order valence-corrected chi connectivity index (χ1v) is 4.98. The van der Waals surface area contributed by atoms with Crippen LogP contribution in [-0.4, -0.2) is 9.97 Å². The lowest BCUT2D eigenvalue weighted by Crippen LogP contribution is -1.99. The summed E-state index contributed by atoms with van der Waals surface area (Å²) in [6.45, 7) is 3.88. The smallest absolute Gasteiger partial charge is 0.227 e. The van der Waals surface area contributed by atoms with Crippen molar-refractivity contribution < 1.29 is 4.39 Å². The fraction of sp³-hybridized carbons (Fsp3) is 0.167. The number of aryl methyl sites for hydroxylation is 2. The molecule has 0 fully saturated rings.